The summed E-state index contributed by atoms with van der Waals surface area (Å²) in [6.07, 6.45) is 4.30. The van der Waals surface area contributed by atoms with Crippen molar-refractivity contribution >= 4 is 0 Å². The summed E-state index contributed by atoms with van der Waals surface area (Å²) in [5.74, 6) is 6.44. The Kier molecular flexibility index (Phi) is 5.35. The molecule has 0 unspecified atom stereocenters. The highest BCUT2D eigenvalue weighted by Gasteiger charge is 2.06. The molecule has 2 aromatic heterocycles. The van der Waals surface area contributed by atoms with Gasteiger partial charge in [0.25, 0.3) is 0 Å². The summed E-state index contributed by atoms with van der Waals surface area (Å²) in [6, 6.07) is 3.94. The molecule has 110 valence electrons. The van der Waals surface area contributed by atoms with E-state index >= 15 is 0 Å². The summed E-state index contributed by atoms with van der Waals surface area (Å²) in [7, 11) is 0. The third-order valence-electron chi connectivity index (χ3n) is 3.01. The minimum atomic E-state index is 0.334. The average Bonchev–Trinajstić information content (AvgIpc) is 2.94. The van der Waals surface area contributed by atoms with Gasteiger partial charge in [-0.1, -0.05) is 18.8 Å². The Balaban J connectivity index is 2.07. The van der Waals surface area contributed by atoms with Crippen LogP contribution in [0, 0.1) is 11.8 Å². The van der Waals surface area contributed by atoms with Crippen molar-refractivity contribution in [2.75, 3.05) is 6.54 Å². The quantitative estimate of drug-likeness (QED) is 0.850. The van der Waals surface area contributed by atoms with Gasteiger partial charge in [-0.05, 0) is 25.5 Å². The lowest BCUT2D eigenvalue weighted by Gasteiger charge is -2.07. The van der Waals surface area contributed by atoms with E-state index in [0.717, 1.165) is 29.9 Å². The molecule has 0 radical (unpaired) electrons. The van der Waals surface area contributed by atoms with E-state index in [1.807, 2.05) is 10.7 Å². The first-order valence-corrected chi connectivity index (χ1v) is 7.09. The molecule has 5 heteroatoms. The minimum absolute atomic E-state index is 0.334. The number of nitrogens with zero attached hydrogens (tertiary/aromatic N) is 3. The molecule has 0 aromatic carbocycles. The molecule has 0 aliphatic rings. The fourth-order valence-corrected chi connectivity index (χ4v) is 1.95. The lowest BCUT2D eigenvalue weighted by molar-refractivity contribution is 0.291. The predicted molar refractivity (Wildman–Crippen MR) is 81.8 cm³/mol. The third kappa shape index (κ3) is 4.07. The second kappa shape index (κ2) is 7.46. The van der Waals surface area contributed by atoms with Crippen LogP contribution in [0.4, 0.5) is 0 Å². The smallest absolute Gasteiger partial charge is 0.139 e. The third-order valence-corrected chi connectivity index (χ3v) is 3.01. The van der Waals surface area contributed by atoms with Crippen molar-refractivity contribution in [2.45, 2.75) is 33.4 Å². The van der Waals surface area contributed by atoms with Crippen LogP contribution in [0.3, 0.4) is 0 Å². The van der Waals surface area contributed by atoms with Crippen LogP contribution in [0.5, 0.6) is 5.75 Å². The van der Waals surface area contributed by atoms with Crippen LogP contribution in [-0.4, -0.2) is 21.3 Å². The SMILES string of the molecule is CCc1cc(COc2cncc(C#CCN)c2)n(CC)n1. The molecule has 5 nitrogen and oxygen atoms in total. The van der Waals surface area contributed by atoms with Crippen molar-refractivity contribution in [3.63, 3.8) is 0 Å². The van der Waals surface area contributed by atoms with Gasteiger partial charge in [-0.3, -0.25) is 9.67 Å². The number of hydrogen-bond acceptors (Lipinski definition) is 4. The Morgan fingerprint density at radius 2 is 2.14 bits per heavy atom. The van der Waals surface area contributed by atoms with E-state index in [9.17, 15) is 0 Å². The Morgan fingerprint density at radius 1 is 1.29 bits per heavy atom. The molecule has 0 spiro atoms. The second-order valence-corrected chi connectivity index (χ2v) is 4.50. The van der Waals surface area contributed by atoms with Crippen molar-refractivity contribution in [3.8, 4) is 17.6 Å². The van der Waals surface area contributed by atoms with Gasteiger partial charge in [0.15, 0.2) is 0 Å². The molecule has 21 heavy (non-hydrogen) atoms. The van der Waals surface area contributed by atoms with Gasteiger partial charge in [-0.25, -0.2) is 0 Å². The Labute approximate surface area is 125 Å². The van der Waals surface area contributed by atoms with Gasteiger partial charge in [-0.2, -0.15) is 5.10 Å². The number of nitrogens with two attached hydrogens (primary N) is 1. The number of aromatic nitrogens is 3. The van der Waals surface area contributed by atoms with E-state index in [1.54, 1.807) is 12.4 Å². The monoisotopic (exact) mass is 284 g/mol. The highest BCUT2D eigenvalue weighted by Crippen LogP contribution is 2.14. The van der Waals surface area contributed by atoms with Gasteiger partial charge >= 0.3 is 0 Å². The summed E-state index contributed by atoms with van der Waals surface area (Å²) >= 11 is 0. The zero-order chi connectivity index (χ0) is 15.1. The summed E-state index contributed by atoms with van der Waals surface area (Å²) in [5, 5.41) is 4.50. The standard InChI is InChI=1S/C16H20N4O/c1-3-14-9-15(20(4-2)19-14)12-21-16-8-13(6-5-7-17)10-18-11-16/h8-11H,3-4,7,12,17H2,1-2H3. The van der Waals surface area contributed by atoms with Crippen LogP contribution in [0.1, 0.15) is 30.8 Å². The fraction of sp³-hybridized carbons (Fsp3) is 0.375. The zero-order valence-electron chi connectivity index (χ0n) is 12.5. The fourth-order valence-electron chi connectivity index (χ4n) is 1.95. The van der Waals surface area contributed by atoms with E-state index in [-0.39, 0.29) is 0 Å². The molecule has 2 rings (SSSR count). The van der Waals surface area contributed by atoms with Crippen LogP contribution in [0.25, 0.3) is 0 Å². The van der Waals surface area contributed by atoms with Crippen molar-refractivity contribution in [2.24, 2.45) is 5.73 Å². The molecule has 0 aliphatic carbocycles. The van der Waals surface area contributed by atoms with Gasteiger partial charge in [0.05, 0.1) is 24.1 Å². The van der Waals surface area contributed by atoms with Gasteiger partial charge in [0, 0.05) is 18.3 Å². The largest absolute Gasteiger partial charge is 0.486 e. The first-order valence-electron chi connectivity index (χ1n) is 7.09. The number of aryl methyl sites for hydroxylation is 2. The van der Waals surface area contributed by atoms with Crippen LogP contribution < -0.4 is 10.5 Å². The van der Waals surface area contributed by atoms with E-state index in [4.69, 9.17) is 10.5 Å². The zero-order valence-corrected chi connectivity index (χ0v) is 12.5. The highest BCUT2D eigenvalue weighted by molar-refractivity contribution is 5.36. The maximum Gasteiger partial charge on any atom is 0.139 e. The lowest BCUT2D eigenvalue weighted by Crippen LogP contribution is -2.06. The average molecular weight is 284 g/mol. The van der Waals surface area contributed by atoms with Gasteiger partial charge in [-0.15, -0.1) is 0 Å². The summed E-state index contributed by atoms with van der Waals surface area (Å²) in [6.45, 7) is 5.80. The van der Waals surface area contributed by atoms with Crippen LogP contribution in [0.2, 0.25) is 0 Å². The van der Waals surface area contributed by atoms with Gasteiger partial charge in [0.2, 0.25) is 0 Å². The molecular formula is C16H20N4O. The van der Waals surface area contributed by atoms with E-state index in [0.29, 0.717) is 18.9 Å². The summed E-state index contributed by atoms with van der Waals surface area (Å²) in [5.41, 5.74) is 8.31. The summed E-state index contributed by atoms with van der Waals surface area (Å²) < 4.78 is 7.75. The van der Waals surface area contributed by atoms with Gasteiger partial charge < -0.3 is 10.5 Å². The number of hydrogen-bond donors (Lipinski definition) is 1. The molecule has 0 saturated carbocycles. The molecule has 0 saturated heterocycles. The maximum absolute atomic E-state index is 5.79. The highest BCUT2D eigenvalue weighted by atomic mass is 16.5. The molecule has 2 heterocycles. The molecule has 2 N–H and O–H groups in total. The number of rotatable bonds is 5. The van der Waals surface area contributed by atoms with Crippen molar-refractivity contribution < 1.29 is 4.74 Å². The molecule has 0 atom stereocenters. The van der Waals surface area contributed by atoms with Crippen molar-refractivity contribution in [3.05, 3.63) is 41.5 Å². The van der Waals surface area contributed by atoms with Gasteiger partial charge in [0.1, 0.15) is 12.4 Å². The van der Waals surface area contributed by atoms with Crippen molar-refractivity contribution in [1.29, 1.82) is 0 Å². The topological polar surface area (TPSA) is 66.0 Å². The molecule has 0 aliphatic heterocycles. The van der Waals surface area contributed by atoms with Crippen LogP contribution in [0.15, 0.2) is 24.5 Å². The predicted octanol–water partition coefficient (Wildman–Crippen LogP) is 1.75. The number of pyridine rings is 1. The molecule has 0 amide bonds. The molecular weight excluding hydrogens is 264 g/mol. The Morgan fingerprint density at radius 3 is 2.86 bits per heavy atom. The Bertz CT molecular complexity index is 652. The maximum atomic E-state index is 5.79. The van der Waals surface area contributed by atoms with Crippen molar-refractivity contribution in [1.82, 2.24) is 14.8 Å². The van der Waals surface area contributed by atoms with E-state index in [1.165, 1.54) is 0 Å². The minimum Gasteiger partial charge on any atom is -0.486 e. The second-order valence-electron chi connectivity index (χ2n) is 4.50. The lowest BCUT2D eigenvalue weighted by atomic mass is 10.3. The first kappa shape index (κ1) is 15.1. The normalized spacial score (nSPS) is 10.0. The van der Waals surface area contributed by atoms with E-state index in [2.05, 4.69) is 41.8 Å². The molecule has 0 fully saturated rings. The molecule has 2 aromatic rings. The number of ether oxygens (including phenoxy) is 1. The molecule has 0 bridgehead atoms. The summed E-state index contributed by atoms with van der Waals surface area (Å²) in [4.78, 5) is 4.12. The van der Waals surface area contributed by atoms with E-state index < -0.39 is 0 Å². The Hall–Kier alpha value is -2.32. The first-order chi connectivity index (χ1) is 10.3. The van der Waals surface area contributed by atoms with Crippen LogP contribution >= 0.6 is 0 Å². The van der Waals surface area contributed by atoms with Crippen LogP contribution in [-0.2, 0) is 19.6 Å².